The molecule has 4 atom stereocenters. The molecule has 1 N–H and O–H groups in total. The second kappa shape index (κ2) is 6.13. The van der Waals surface area contributed by atoms with Crippen molar-refractivity contribution in [1.29, 1.82) is 5.26 Å². The number of fused-ring (bicyclic) bond motifs is 3. The van der Waals surface area contributed by atoms with Gasteiger partial charge in [0.05, 0.1) is 6.07 Å². The van der Waals surface area contributed by atoms with Gasteiger partial charge in [-0.15, -0.1) is 0 Å². The highest BCUT2D eigenvalue weighted by Crippen LogP contribution is 2.56. The maximum Gasteiger partial charge on any atom is 0.237 e. The van der Waals surface area contributed by atoms with Gasteiger partial charge in [-0.05, 0) is 41.9 Å². The first-order valence-corrected chi connectivity index (χ1v) is 8.59. The number of rotatable bonds is 5. The van der Waals surface area contributed by atoms with Crippen LogP contribution in [0.25, 0.3) is 0 Å². The molecular weight excluding hydrogens is 296 g/mol. The van der Waals surface area contributed by atoms with Gasteiger partial charge in [0.2, 0.25) is 5.91 Å². The summed E-state index contributed by atoms with van der Waals surface area (Å²) in [7, 11) is 0. The average molecular weight is 316 g/mol. The SMILES string of the molecule is N#C[C@H](CCc1ccccc1)C(=O)N[C@@H]1[C@H]2Cc3ccccc3[C@@H]21. The van der Waals surface area contributed by atoms with Gasteiger partial charge in [0, 0.05) is 12.0 Å². The molecular formula is C21H20N2O. The highest BCUT2D eigenvalue weighted by atomic mass is 16.2. The largest absolute Gasteiger partial charge is 0.351 e. The molecule has 3 heteroatoms. The summed E-state index contributed by atoms with van der Waals surface area (Å²) in [6.45, 7) is 0. The Morgan fingerprint density at radius 1 is 1.17 bits per heavy atom. The van der Waals surface area contributed by atoms with Gasteiger partial charge in [-0.25, -0.2) is 0 Å². The Morgan fingerprint density at radius 2 is 1.92 bits per heavy atom. The molecule has 0 saturated heterocycles. The lowest BCUT2D eigenvalue weighted by Crippen LogP contribution is -2.34. The zero-order valence-electron chi connectivity index (χ0n) is 13.5. The molecule has 2 aliphatic carbocycles. The molecule has 0 heterocycles. The van der Waals surface area contributed by atoms with Crippen molar-refractivity contribution < 1.29 is 4.79 Å². The number of benzene rings is 2. The van der Waals surface area contributed by atoms with E-state index in [2.05, 4.69) is 35.7 Å². The van der Waals surface area contributed by atoms with Crippen LogP contribution in [0.1, 0.15) is 29.0 Å². The average Bonchev–Trinajstić information content (AvgIpc) is 3.13. The molecule has 2 aromatic rings. The number of hydrogen-bond donors (Lipinski definition) is 1. The standard InChI is InChI=1S/C21H20N2O/c22-13-16(11-10-14-6-2-1-3-7-14)21(24)23-20-18-12-15-8-4-5-9-17(15)19(18)20/h1-9,16,18-20H,10-12H2,(H,23,24)/t16-,18-,19-,20+/m0/s1. The zero-order chi connectivity index (χ0) is 16.5. The van der Waals surface area contributed by atoms with E-state index < -0.39 is 5.92 Å². The number of hydrogen-bond acceptors (Lipinski definition) is 2. The summed E-state index contributed by atoms with van der Waals surface area (Å²) in [5.41, 5.74) is 3.97. The number of nitrogens with one attached hydrogen (secondary N) is 1. The Morgan fingerprint density at radius 3 is 2.71 bits per heavy atom. The Labute approximate surface area is 142 Å². The van der Waals surface area contributed by atoms with Crippen LogP contribution in [-0.2, 0) is 17.6 Å². The lowest BCUT2D eigenvalue weighted by molar-refractivity contribution is -0.123. The summed E-state index contributed by atoms with van der Waals surface area (Å²) in [6.07, 6.45) is 2.38. The monoisotopic (exact) mass is 316 g/mol. The summed E-state index contributed by atoms with van der Waals surface area (Å²) in [4.78, 5) is 12.5. The normalized spacial score (nSPS) is 24.4. The third kappa shape index (κ3) is 2.69. The minimum absolute atomic E-state index is 0.106. The summed E-state index contributed by atoms with van der Waals surface area (Å²) in [5.74, 6) is 0.311. The highest BCUT2D eigenvalue weighted by Gasteiger charge is 2.56. The maximum absolute atomic E-state index is 12.5. The third-order valence-electron chi connectivity index (χ3n) is 5.38. The first-order chi connectivity index (χ1) is 11.8. The minimum Gasteiger partial charge on any atom is -0.351 e. The number of amides is 1. The van der Waals surface area contributed by atoms with E-state index in [1.807, 2.05) is 30.3 Å². The summed E-state index contributed by atoms with van der Waals surface area (Å²) >= 11 is 0. The van der Waals surface area contributed by atoms with E-state index in [-0.39, 0.29) is 11.9 Å². The van der Waals surface area contributed by atoms with Crippen molar-refractivity contribution in [2.75, 3.05) is 0 Å². The van der Waals surface area contributed by atoms with Crippen molar-refractivity contribution >= 4 is 5.91 Å². The van der Waals surface area contributed by atoms with Gasteiger partial charge in [-0.2, -0.15) is 5.26 Å². The fourth-order valence-electron chi connectivity index (χ4n) is 4.02. The molecule has 0 spiro atoms. The Kier molecular flexibility index (Phi) is 3.82. The topological polar surface area (TPSA) is 52.9 Å². The summed E-state index contributed by atoms with van der Waals surface area (Å²) in [6, 6.07) is 20.9. The number of carbonyl (C=O) groups is 1. The first kappa shape index (κ1) is 15.0. The molecule has 2 aliphatic rings. The molecule has 1 amide bonds. The van der Waals surface area contributed by atoms with E-state index in [9.17, 15) is 10.1 Å². The molecule has 120 valence electrons. The highest BCUT2D eigenvalue weighted by molar-refractivity contribution is 5.82. The van der Waals surface area contributed by atoms with Crippen LogP contribution in [0.5, 0.6) is 0 Å². The predicted molar refractivity (Wildman–Crippen MR) is 92.2 cm³/mol. The first-order valence-electron chi connectivity index (χ1n) is 8.59. The van der Waals surface area contributed by atoms with Crippen LogP contribution in [0.4, 0.5) is 0 Å². The Hall–Kier alpha value is -2.60. The second-order valence-electron chi connectivity index (χ2n) is 6.83. The van der Waals surface area contributed by atoms with E-state index in [0.29, 0.717) is 18.3 Å². The van der Waals surface area contributed by atoms with Crippen molar-refractivity contribution in [3.8, 4) is 6.07 Å². The summed E-state index contributed by atoms with van der Waals surface area (Å²) < 4.78 is 0. The van der Waals surface area contributed by atoms with Crippen LogP contribution >= 0.6 is 0 Å². The van der Waals surface area contributed by atoms with E-state index >= 15 is 0 Å². The smallest absolute Gasteiger partial charge is 0.237 e. The second-order valence-corrected chi connectivity index (χ2v) is 6.83. The molecule has 0 radical (unpaired) electrons. The van der Waals surface area contributed by atoms with E-state index in [4.69, 9.17) is 0 Å². The molecule has 3 nitrogen and oxygen atoms in total. The van der Waals surface area contributed by atoms with Crippen LogP contribution in [0, 0.1) is 23.2 Å². The lowest BCUT2D eigenvalue weighted by Gasteiger charge is -2.13. The van der Waals surface area contributed by atoms with E-state index in [1.54, 1.807) is 0 Å². The third-order valence-corrected chi connectivity index (χ3v) is 5.38. The Balaban J connectivity index is 1.34. The van der Waals surface area contributed by atoms with Gasteiger partial charge in [0.25, 0.3) is 0 Å². The zero-order valence-corrected chi connectivity index (χ0v) is 13.5. The van der Waals surface area contributed by atoms with Gasteiger partial charge in [-0.3, -0.25) is 4.79 Å². The number of aryl methyl sites for hydroxylation is 1. The van der Waals surface area contributed by atoms with Gasteiger partial charge in [0.1, 0.15) is 5.92 Å². The van der Waals surface area contributed by atoms with E-state index in [1.165, 1.54) is 16.7 Å². The Bertz CT molecular complexity index is 793. The maximum atomic E-state index is 12.5. The van der Waals surface area contributed by atoms with Crippen LogP contribution in [0.15, 0.2) is 54.6 Å². The molecule has 0 aliphatic heterocycles. The van der Waals surface area contributed by atoms with E-state index in [0.717, 1.165) is 12.8 Å². The molecule has 2 aromatic carbocycles. The van der Waals surface area contributed by atoms with Crippen molar-refractivity contribution in [1.82, 2.24) is 5.32 Å². The van der Waals surface area contributed by atoms with Crippen molar-refractivity contribution in [3.63, 3.8) is 0 Å². The lowest BCUT2D eigenvalue weighted by atomic mass is 9.99. The van der Waals surface area contributed by atoms with Gasteiger partial charge < -0.3 is 5.32 Å². The molecule has 0 bridgehead atoms. The van der Waals surface area contributed by atoms with Crippen molar-refractivity contribution in [2.24, 2.45) is 11.8 Å². The quantitative estimate of drug-likeness (QED) is 0.921. The molecule has 0 aromatic heterocycles. The number of nitrogens with zero attached hydrogens (tertiary/aromatic N) is 1. The van der Waals surface area contributed by atoms with Crippen molar-refractivity contribution in [2.45, 2.75) is 31.2 Å². The van der Waals surface area contributed by atoms with Gasteiger partial charge in [0.15, 0.2) is 0 Å². The van der Waals surface area contributed by atoms with Gasteiger partial charge in [-0.1, -0.05) is 54.6 Å². The minimum atomic E-state index is -0.568. The molecule has 24 heavy (non-hydrogen) atoms. The van der Waals surface area contributed by atoms with Crippen LogP contribution in [0.3, 0.4) is 0 Å². The summed E-state index contributed by atoms with van der Waals surface area (Å²) in [5, 5.41) is 12.5. The predicted octanol–water partition coefficient (Wildman–Crippen LogP) is 3.21. The van der Waals surface area contributed by atoms with Crippen LogP contribution in [-0.4, -0.2) is 11.9 Å². The fourth-order valence-corrected chi connectivity index (χ4v) is 4.02. The number of nitriles is 1. The van der Waals surface area contributed by atoms with Crippen LogP contribution in [0.2, 0.25) is 0 Å². The number of carbonyl (C=O) groups excluding carboxylic acids is 1. The molecule has 0 unspecified atom stereocenters. The fraction of sp³-hybridized carbons (Fsp3) is 0.333. The molecule has 4 rings (SSSR count). The van der Waals surface area contributed by atoms with Gasteiger partial charge >= 0.3 is 0 Å². The molecule has 1 fully saturated rings. The molecule has 1 saturated carbocycles. The van der Waals surface area contributed by atoms with Crippen LogP contribution < -0.4 is 5.32 Å². The van der Waals surface area contributed by atoms with Crippen molar-refractivity contribution in [3.05, 3.63) is 71.3 Å².